The van der Waals surface area contributed by atoms with E-state index in [0.717, 1.165) is 28.3 Å². The second kappa shape index (κ2) is 15.4. The SMILES string of the molecule is CC[C@H](C)NC(=O)[C@@H](Cc1ccccc1)N(Cc1ccc(Br)cc1)C(=O)CCCN(c1cccc(Cl)c1)S(C)(=O)=O. The average Bonchev–Trinajstić information content (AvgIpc) is 2.93. The molecular weight excluding hydrogens is 626 g/mol. The second-order valence-electron chi connectivity index (χ2n) is 10.1. The van der Waals surface area contributed by atoms with Crippen molar-refractivity contribution >= 4 is 55.1 Å². The molecule has 3 rings (SSSR count). The Balaban J connectivity index is 1.89. The van der Waals surface area contributed by atoms with Crippen molar-refractivity contribution in [2.45, 2.75) is 58.2 Å². The lowest BCUT2D eigenvalue weighted by Crippen LogP contribution is -2.52. The van der Waals surface area contributed by atoms with Crippen LogP contribution in [0.3, 0.4) is 0 Å². The van der Waals surface area contributed by atoms with Crippen molar-refractivity contribution in [3.8, 4) is 0 Å². The fraction of sp³-hybridized carbons (Fsp3) is 0.355. The number of sulfonamides is 1. The first-order valence-corrected chi connectivity index (χ1v) is 16.6. The van der Waals surface area contributed by atoms with E-state index in [1.165, 1.54) is 4.31 Å². The molecule has 0 aromatic heterocycles. The van der Waals surface area contributed by atoms with Crippen LogP contribution in [0.5, 0.6) is 0 Å². The third-order valence-corrected chi connectivity index (χ3v) is 8.74. The van der Waals surface area contributed by atoms with Crippen molar-refractivity contribution in [2.24, 2.45) is 0 Å². The Kier molecular flexibility index (Phi) is 12.2. The number of anilines is 1. The maximum atomic E-state index is 13.9. The van der Waals surface area contributed by atoms with Crippen LogP contribution in [-0.2, 0) is 32.6 Å². The van der Waals surface area contributed by atoms with Crippen LogP contribution in [0.1, 0.15) is 44.2 Å². The number of nitrogens with zero attached hydrogens (tertiary/aromatic N) is 2. The first-order chi connectivity index (χ1) is 19.5. The standard InChI is InChI=1S/C31H37BrClN3O4S/c1-4-23(2)34-31(38)29(20-24-10-6-5-7-11-24)35(22-25-15-17-26(32)18-16-25)30(37)14-9-19-36(41(3,39)40)28-13-8-12-27(33)21-28/h5-8,10-13,15-18,21,23,29H,4,9,14,19-20,22H2,1-3H3,(H,34,38)/t23-,29+/m0/s1. The molecule has 0 aliphatic rings. The lowest BCUT2D eigenvalue weighted by molar-refractivity contribution is -0.141. The quantitative estimate of drug-likeness (QED) is 0.223. The van der Waals surface area contributed by atoms with Crippen molar-refractivity contribution < 1.29 is 18.0 Å². The Bertz CT molecular complexity index is 1400. The first kappa shape index (κ1) is 32.6. The number of hydrogen-bond acceptors (Lipinski definition) is 4. The van der Waals surface area contributed by atoms with Crippen molar-refractivity contribution in [1.29, 1.82) is 0 Å². The molecule has 0 unspecified atom stereocenters. The molecule has 0 heterocycles. The third kappa shape index (κ3) is 10.2. The summed E-state index contributed by atoms with van der Waals surface area (Å²) in [6, 6.07) is 23.1. The lowest BCUT2D eigenvalue weighted by atomic mass is 10.0. The molecule has 0 bridgehead atoms. The average molecular weight is 663 g/mol. The van der Waals surface area contributed by atoms with Gasteiger partial charge in [0.25, 0.3) is 0 Å². The van der Waals surface area contributed by atoms with Crippen molar-refractivity contribution in [3.63, 3.8) is 0 Å². The van der Waals surface area contributed by atoms with E-state index in [1.807, 2.05) is 68.4 Å². The van der Waals surface area contributed by atoms with E-state index in [2.05, 4.69) is 21.2 Å². The normalized spacial score (nSPS) is 12.8. The maximum absolute atomic E-state index is 13.9. The van der Waals surface area contributed by atoms with Gasteiger partial charge in [0.05, 0.1) is 11.9 Å². The Hall–Kier alpha value is -2.88. The Morgan fingerprint density at radius 1 is 0.976 bits per heavy atom. The molecule has 2 amide bonds. The molecular formula is C31H37BrClN3O4S. The third-order valence-electron chi connectivity index (χ3n) is 6.79. The van der Waals surface area contributed by atoms with Crippen molar-refractivity contribution in [1.82, 2.24) is 10.2 Å². The maximum Gasteiger partial charge on any atom is 0.243 e. The number of halogens is 2. The van der Waals surface area contributed by atoms with Crippen LogP contribution < -0.4 is 9.62 Å². The molecule has 3 aromatic carbocycles. The highest BCUT2D eigenvalue weighted by Gasteiger charge is 2.31. The van der Waals surface area contributed by atoms with Crippen LogP contribution in [0.4, 0.5) is 5.69 Å². The van der Waals surface area contributed by atoms with E-state index in [9.17, 15) is 18.0 Å². The first-order valence-electron chi connectivity index (χ1n) is 13.6. The Morgan fingerprint density at radius 2 is 1.66 bits per heavy atom. The van der Waals surface area contributed by atoms with Gasteiger partial charge in [-0.2, -0.15) is 0 Å². The highest BCUT2D eigenvalue weighted by Crippen LogP contribution is 2.23. The predicted octanol–water partition coefficient (Wildman–Crippen LogP) is 6.20. The smallest absolute Gasteiger partial charge is 0.243 e. The number of hydrogen-bond donors (Lipinski definition) is 1. The highest BCUT2D eigenvalue weighted by molar-refractivity contribution is 9.10. The van der Waals surface area contributed by atoms with E-state index in [1.54, 1.807) is 29.2 Å². The molecule has 0 radical (unpaired) electrons. The summed E-state index contributed by atoms with van der Waals surface area (Å²) in [4.78, 5) is 29.1. The Morgan fingerprint density at radius 3 is 2.27 bits per heavy atom. The lowest BCUT2D eigenvalue weighted by Gasteiger charge is -2.32. The number of carbonyl (C=O) groups is 2. The number of benzene rings is 3. The summed E-state index contributed by atoms with van der Waals surface area (Å²) in [6.45, 7) is 4.27. The zero-order valence-corrected chi connectivity index (χ0v) is 26.8. The molecule has 1 N–H and O–H groups in total. The van der Waals surface area contributed by atoms with Crippen molar-refractivity contribution in [2.75, 3.05) is 17.1 Å². The molecule has 220 valence electrons. The number of carbonyl (C=O) groups excluding carboxylic acids is 2. The van der Waals surface area contributed by atoms with Crippen LogP contribution in [-0.4, -0.2) is 50.0 Å². The summed E-state index contributed by atoms with van der Waals surface area (Å²) >= 11 is 9.56. The molecule has 0 saturated carbocycles. The minimum absolute atomic E-state index is 0.0496. The molecule has 3 aromatic rings. The monoisotopic (exact) mass is 661 g/mol. The molecule has 7 nitrogen and oxygen atoms in total. The summed E-state index contributed by atoms with van der Waals surface area (Å²) in [5, 5.41) is 3.48. The van der Waals surface area contributed by atoms with E-state index in [0.29, 0.717) is 17.1 Å². The summed E-state index contributed by atoms with van der Waals surface area (Å²) in [7, 11) is -3.61. The van der Waals surface area contributed by atoms with Gasteiger partial charge in [-0.05, 0) is 61.2 Å². The van der Waals surface area contributed by atoms with Gasteiger partial charge in [0.2, 0.25) is 21.8 Å². The van der Waals surface area contributed by atoms with Gasteiger partial charge in [-0.25, -0.2) is 8.42 Å². The summed E-state index contributed by atoms with van der Waals surface area (Å²) in [6.07, 6.45) is 2.56. The highest BCUT2D eigenvalue weighted by atomic mass is 79.9. The fourth-order valence-electron chi connectivity index (χ4n) is 4.42. The Labute approximate surface area is 257 Å². The molecule has 0 fully saturated rings. The van der Waals surface area contributed by atoms with E-state index >= 15 is 0 Å². The molecule has 0 saturated heterocycles. The molecule has 2 atom stereocenters. The van der Waals surface area contributed by atoms with E-state index in [4.69, 9.17) is 11.6 Å². The van der Waals surface area contributed by atoms with Gasteiger partial charge in [-0.3, -0.25) is 13.9 Å². The molecule has 10 heteroatoms. The zero-order chi connectivity index (χ0) is 30.0. The zero-order valence-electron chi connectivity index (χ0n) is 23.6. The van der Waals surface area contributed by atoms with Gasteiger partial charge in [-0.15, -0.1) is 0 Å². The van der Waals surface area contributed by atoms with Gasteiger partial charge in [0.1, 0.15) is 6.04 Å². The van der Waals surface area contributed by atoms with Gasteiger partial charge in [0.15, 0.2) is 0 Å². The number of amides is 2. The number of rotatable bonds is 14. The van der Waals surface area contributed by atoms with E-state index in [-0.39, 0.29) is 43.8 Å². The largest absolute Gasteiger partial charge is 0.352 e. The molecule has 0 aliphatic heterocycles. The van der Waals surface area contributed by atoms with Crippen LogP contribution in [0, 0.1) is 0 Å². The number of nitrogens with one attached hydrogen (secondary N) is 1. The summed E-state index contributed by atoms with van der Waals surface area (Å²) < 4.78 is 27.3. The summed E-state index contributed by atoms with van der Waals surface area (Å²) in [5.41, 5.74) is 2.26. The van der Waals surface area contributed by atoms with Crippen molar-refractivity contribution in [3.05, 3.63) is 99.5 Å². The van der Waals surface area contributed by atoms with Gasteiger partial charge < -0.3 is 10.2 Å². The van der Waals surface area contributed by atoms with Gasteiger partial charge in [-0.1, -0.05) is 83.0 Å². The van der Waals surface area contributed by atoms with E-state index < -0.39 is 16.1 Å². The molecule has 41 heavy (non-hydrogen) atoms. The predicted molar refractivity (Wildman–Crippen MR) is 169 cm³/mol. The van der Waals surface area contributed by atoms with Crippen LogP contribution >= 0.6 is 27.5 Å². The summed E-state index contributed by atoms with van der Waals surface area (Å²) in [5.74, 6) is -0.446. The second-order valence-corrected chi connectivity index (χ2v) is 13.3. The minimum Gasteiger partial charge on any atom is -0.352 e. The van der Waals surface area contributed by atoms with Crippen LogP contribution in [0.2, 0.25) is 5.02 Å². The van der Waals surface area contributed by atoms with Crippen LogP contribution in [0.15, 0.2) is 83.3 Å². The van der Waals surface area contributed by atoms with Crippen LogP contribution in [0.25, 0.3) is 0 Å². The molecule has 0 aliphatic carbocycles. The molecule has 0 spiro atoms. The van der Waals surface area contributed by atoms with Gasteiger partial charge in [0, 0.05) is 41.5 Å². The fourth-order valence-corrected chi connectivity index (χ4v) is 5.82. The van der Waals surface area contributed by atoms with Gasteiger partial charge >= 0.3 is 0 Å². The topological polar surface area (TPSA) is 86.8 Å². The minimum atomic E-state index is -3.61.